The van der Waals surface area contributed by atoms with E-state index in [2.05, 4.69) is 43.0 Å². The summed E-state index contributed by atoms with van der Waals surface area (Å²) in [6.45, 7) is 4.25. The van der Waals surface area contributed by atoms with E-state index in [1.165, 1.54) is 17.7 Å². The lowest BCUT2D eigenvalue weighted by atomic mass is 9.76. The minimum Gasteiger partial charge on any atom is -0.481 e. The Morgan fingerprint density at radius 1 is 1.10 bits per heavy atom. The van der Waals surface area contributed by atoms with Crippen molar-refractivity contribution in [2.45, 2.75) is 63.2 Å². The number of nitrogens with zero attached hydrogens (tertiary/aromatic N) is 1. The van der Waals surface area contributed by atoms with Gasteiger partial charge in [-0.25, -0.2) is 0 Å². The molecular weight excluding hydrogens is 391 g/mol. The molecule has 0 amide bonds. The molecule has 2 bridgehead atoms. The zero-order valence-corrected chi connectivity index (χ0v) is 17.1. The highest BCUT2D eigenvalue weighted by Crippen LogP contribution is 2.54. The largest absolute Gasteiger partial charge is 0.481 e. The molecule has 0 saturated carbocycles. The molecule has 30 heavy (non-hydrogen) atoms. The summed E-state index contributed by atoms with van der Waals surface area (Å²) in [7, 11) is 0. The molecule has 3 unspecified atom stereocenters. The molecule has 2 heterocycles. The summed E-state index contributed by atoms with van der Waals surface area (Å²) in [6.07, 6.45) is -1.87. The fourth-order valence-corrected chi connectivity index (χ4v) is 5.28. The summed E-state index contributed by atoms with van der Waals surface area (Å²) in [5.74, 6) is -0.920. The molecule has 2 aromatic rings. The quantitative estimate of drug-likeness (QED) is 0.645. The molecule has 4 rings (SSSR count). The number of fused-ring (bicyclic) bond motifs is 2. The van der Waals surface area contributed by atoms with Gasteiger partial charge in [-0.3, -0.25) is 4.79 Å². The van der Waals surface area contributed by atoms with Gasteiger partial charge in [-0.15, -0.1) is 0 Å². The number of benzene rings is 2. The van der Waals surface area contributed by atoms with Crippen LogP contribution < -0.4 is 4.90 Å². The van der Waals surface area contributed by atoms with Crippen LogP contribution in [0.2, 0.25) is 0 Å². The number of carboxylic acids is 1. The first-order chi connectivity index (χ1) is 14.1. The maximum atomic E-state index is 13.1. The van der Waals surface area contributed by atoms with Crippen LogP contribution in [0.1, 0.15) is 62.1 Å². The lowest BCUT2D eigenvalue weighted by Gasteiger charge is -2.49. The number of hydrogen-bond donors (Lipinski definition) is 1. The van der Waals surface area contributed by atoms with Gasteiger partial charge in [-0.2, -0.15) is 13.2 Å². The van der Waals surface area contributed by atoms with E-state index in [9.17, 15) is 23.1 Å². The summed E-state index contributed by atoms with van der Waals surface area (Å²) in [5, 5.41) is 9.70. The van der Waals surface area contributed by atoms with Crippen LogP contribution in [-0.4, -0.2) is 17.1 Å². The topological polar surface area (TPSA) is 40.5 Å². The lowest BCUT2D eigenvalue weighted by molar-refractivity contribution is -0.143. The van der Waals surface area contributed by atoms with Crippen molar-refractivity contribution in [3.05, 3.63) is 65.2 Å². The van der Waals surface area contributed by atoms with Gasteiger partial charge in [-0.1, -0.05) is 38.1 Å². The normalized spacial score (nSPS) is 26.3. The summed E-state index contributed by atoms with van der Waals surface area (Å²) >= 11 is 0. The average molecular weight is 417 g/mol. The molecule has 0 spiro atoms. The first-order valence-corrected chi connectivity index (χ1v) is 10.4. The Kier molecular flexibility index (Phi) is 5.07. The van der Waals surface area contributed by atoms with Gasteiger partial charge >= 0.3 is 12.1 Å². The van der Waals surface area contributed by atoms with Gasteiger partial charge in [0.05, 0.1) is 17.0 Å². The van der Waals surface area contributed by atoms with Crippen LogP contribution in [-0.2, 0) is 16.5 Å². The van der Waals surface area contributed by atoms with Crippen LogP contribution in [0.4, 0.5) is 18.9 Å². The van der Waals surface area contributed by atoms with Crippen LogP contribution in [0.3, 0.4) is 0 Å². The minimum atomic E-state index is -4.39. The van der Waals surface area contributed by atoms with E-state index >= 15 is 0 Å². The molecular formula is C24H26F3NO2. The maximum Gasteiger partial charge on any atom is 0.416 e. The third-order valence-electron chi connectivity index (χ3n) is 6.79. The van der Waals surface area contributed by atoms with Gasteiger partial charge in [-0.05, 0) is 67.0 Å². The second-order valence-electron chi connectivity index (χ2n) is 8.89. The van der Waals surface area contributed by atoms with E-state index in [0.29, 0.717) is 18.8 Å². The molecule has 2 fully saturated rings. The van der Waals surface area contributed by atoms with Crippen molar-refractivity contribution in [1.82, 2.24) is 0 Å². The van der Waals surface area contributed by atoms with E-state index in [4.69, 9.17) is 0 Å². The predicted molar refractivity (Wildman–Crippen MR) is 110 cm³/mol. The molecule has 1 N–H and O–H groups in total. The molecule has 2 aliphatic rings. The van der Waals surface area contributed by atoms with Crippen molar-refractivity contribution in [2.75, 3.05) is 4.90 Å². The highest BCUT2D eigenvalue weighted by atomic mass is 19.4. The Balaban J connectivity index is 1.78. The third-order valence-corrected chi connectivity index (χ3v) is 6.79. The van der Waals surface area contributed by atoms with E-state index < -0.39 is 29.2 Å². The molecule has 0 aliphatic carbocycles. The van der Waals surface area contributed by atoms with Gasteiger partial charge in [0.15, 0.2) is 0 Å². The van der Waals surface area contributed by atoms with Crippen molar-refractivity contribution in [2.24, 2.45) is 5.92 Å². The number of carbonyl (C=O) groups is 1. The number of rotatable bonds is 4. The maximum absolute atomic E-state index is 13.1. The number of carboxylic acid groups (broad SMARTS) is 1. The van der Waals surface area contributed by atoms with Gasteiger partial charge in [0, 0.05) is 11.7 Å². The molecule has 0 aromatic heterocycles. The number of aliphatic carboxylic acids is 1. The Hall–Kier alpha value is -2.50. The third kappa shape index (κ3) is 3.46. The summed E-state index contributed by atoms with van der Waals surface area (Å²) in [4.78, 5) is 14.1. The zero-order chi connectivity index (χ0) is 21.7. The fourth-order valence-electron chi connectivity index (χ4n) is 5.28. The van der Waals surface area contributed by atoms with Crippen LogP contribution in [0, 0.1) is 5.92 Å². The van der Waals surface area contributed by atoms with Gasteiger partial charge in [0.1, 0.15) is 0 Å². The number of hydrogen-bond acceptors (Lipinski definition) is 2. The second kappa shape index (κ2) is 7.33. The second-order valence-corrected chi connectivity index (χ2v) is 8.89. The average Bonchev–Trinajstić information content (AvgIpc) is 2.94. The first kappa shape index (κ1) is 20.8. The Morgan fingerprint density at radius 2 is 1.73 bits per heavy atom. The summed E-state index contributed by atoms with van der Waals surface area (Å²) in [5.41, 5.74) is 1.70. The SMILES string of the molecule is CC(C)c1ccc(N2C3CCC2(c2ccc(C(F)(F)F)cc2)CC(C(=O)O)C3)cc1. The molecule has 0 radical (unpaired) electrons. The monoisotopic (exact) mass is 417 g/mol. The van der Waals surface area contributed by atoms with Crippen LogP contribution >= 0.6 is 0 Å². The smallest absolute Gasteiger partial charge is 0.416 e. The fraction of sp³-hybridized carbons (Fsp3) is 0.458. The van der Waals surface area contributed by atoms with E-state index in [-0.39, 0.29) is 6.04 Å². The highest BCUT2D eigenvalue weighted by molar-refractivity contribution is 5.72. The molecule has 3 atom stereocenters. The number of anilines is 1. The van der Waals surface area contributed by atoms with Crippen molar-refractivity contribution in [1.29, 1.82) is 0 Å². The molecule has 2 aliphatic heterocycles. The molecule has 2 aromatic carbocycles. The number of halogens is 3. The van der Waals surface area contributed by atoms with Crippen molar-refractivity contribution in [3.63, 3.8) is 0 Å². The number of alkyl halides is 3. The zero-order valence-electron chi connectivity index (χ0n) is 17.1. The van der Waals surface area contributed by atoms with Crippen LogP contribution in [0.25, 0.3) is 0 Å². The Labute approximate surface area is 174 Å². The van der Waals surface area contributed by atoms with E-state index in [1.54, 1.807) is 0 Å². The molecule has 160 valence electrons. The van der Waals surface area contributed by atoms with Crippen LogP contribution in [0.5, 0.6) is 0 Å². The Bertz CT molecular complexity index is 921. The standard InChI is InChI=1S/C24H26F3NO2/c1-15(2)16-3-9-20(10-4-16)28-21-11-12-23(28,14-17(13-21)22(29)30)18-5-7-19(8-6-18)24(25,26)27/h3-10,15,17,21H,11-14H2,1-2H3,(H,29,30). The Morgan fingerprint density at radius 3 is 2.27 bits per heavy atom. The molecule has 3 nitrogen and oxygen atoms in total. The van der Waals surface area contributed by atoms with Gasteiger partial charge in [0.2, 0.25) is 0 Å². The summed E-state index contributed by atoms with van der Waals surface area (Å²) in [6, 6.07) is 13.7. The summed E-state index contributed by atoms with van der Waals surface area (Å²) < 4.78 is 39.2. The molecule has 6 heteroatoms. The van der Waals surface area contributed by atoms with E-state index in [1.807, 2.05) is 0 Å². The first-order valence-electron chi connectivity index (χ1n) is 10.4. The van der Waals surface area contributed by atoms with E-state index in [0.717, 1.165) is 36.2 Å². The lowest BCUT2D eigenvalue weighted by Crippen LogP contribution is -2.52. The molecule has 2 saturated heterocycles. The van der Waals surface area contributed by atoms with Crippen molar-refractivity contribution < 1.29 is 23.1 Å². The number of piperidine rings is 1. The van der Waals surface area contributed by atoms with Gasteiger partial charge in [0.25, 0.3) is 0 Å². The van der Waals surface area contributed by atoms with Crippen molar-refractivity contribution >= 4 is 11.7 Å². The van der Waals surface area contributed by atoms with Crippen molar-refractivity contribution in [3.8, 4) is 0 Å². The van der Waals surface area contributed by atoms with Crippen LogP contribution in [0.15, 0.2) is 48.5 Å². The highest BCUT2D eigenvalue weighted by Gasteiger charge is 2.54. The predicted octanol–water partition coefficient (Wildman–Crippen LogP) is 6.19. The van der Waals surface area contributed by atoms with Gasteiger partial charge < -0.3 is 10.0 Å². The minimum absolute atomic E-state index is 0.0621.